The van der Waals surface area contributed by atoms with E-state index in [0.717, 1.165) is 5.56 Å². The van der Waals surface area contributed by atoms with E-state index in [9.17, 15) is 4.39 Å². The molecule has 0 aliphatic heterocycles. The Kier molecular flexibility index (Phi) is 4.87. The summed E-state index contributed by atoms with van der Waals surface area (Å²) < 4.78 is 19.9. The minimum absolute atomic E-state index is 0.325. The van der Waals surface area contributed by atoms with Crippen LogP contribution in [0.3, 0.4) is 0 Å². The SMILES string of the molecule is COc1ccccc1C(Br)c1cc(Cl)c(Br)cc1F. The number of para-hydroxylation sites is 1. The van der Waals surface area contributed by atoms with Crippen LogP contribution in [0.4, 0.5) is 4.39 Å². The molecule has 2 aromatic carbocycles. The van der Waals surface area contributed by atoms with Gasteiger partial charge in [-0.25, -0.2) is 4.39 Å². The van der Waals surface area contributed by atoms with Gasteiger partial charge in [0.2, 0.25) is 0 Å². The molecule has 0 N–H and O–H groups in total. The Balaban J connectivity index is 2.50. The van der Waals surface area contributed by atoms with Crippen LogP contribution >= 0.6 is 43.5 Å². The van der Waals surface area contributed by atoms with Crippen LogP contribution in [0.25, 0.3) is 0 Å². The minimum atomic E-state index is -0.330. The summed E-state index contributed by atoms with van der Waals surface area (Å²) in [6, 6.07) is 10.4. The number of methoxy groups -OCH3 is 1. The van der Waals surface area contributed by atoms with Crippen molar-refractivity contribution >= 4 is 43.5 Å². The monoisotopic (exact) mass is 406 g/mol. The molecular formula is C14H10Br2ClFO. The molecule has 0 aliphatic rings. The number of rotatable bonds is 3. The van der Waals surface area contributed by atoms with E-state index in [-0.39, 0.29) is 10.6 Å². The molecule has 2 aromatic rings. The molecule has 100 valence electrons. The maximum atomic E-state index is 14.0. The molecule has 0 bridgehead atoms. The zero-order chi connectivity index (χ0) is 14.0. The van der Waals surface area contributed by atoms with Gasteiger partial charge in [-0.05, 0) is 34.1 Å². The van der Waals surface area contributed by atoms with Crippen LogP contribution in [0.5, 0.6) is 5.75 Å². The number of ether oxygens (including phenoxy) is 1. The lowest BCUT2D eigenvalue weighted by Gasteiger charge is -2.16. The Morgan fingerprint density at radius 1 is 1.21 bits per heavy atom. The molecule has 0 radical (unpaired) electrons. The highest BCUT2D eigenvalue weighted by Gasteiger charge is 2.19. The van der Waals surface area contributed by atoms with Gasteiger partial charge in [0, 0.05) is 15.6 Å². The number of hydrogen-bond donors (Lipinski definition) is 0. The van der Waals surface area contributed by atoms with Gasteiger partial charge in [0.1, 0.15) is 11.6 Å². The van der Waals surface area contributed by atoms with Crippen LogP contribution < -0.4 is 4.74 Å². The highest BCUT2D eigenvalue weighted by atomic mass is 79.9. The van der Waals surface area contributed by atoms with Gasteiger partial charge in [-0.15, -0.1) is 0 Å². The van der Waals surface area contributed by atoms with Crippen LogP contribution in [0.2, 0.25) is 5.02 Å². The summed E-state index contributed by atoms with van der Waals surface area (Å²) in [6.45, 7) is 0. The van der Waals surface area contributed by atoms with Gasteiger partial charge in [0.25, 0.3) is 0 Å². The molecule has 1 unspecified atom stereocenters. The molecule has 0 saturated heterocycles. The molecule has 0 heterocycles. The van der Waals surface area contributed by atoms with E-state index in [2.05, 4.69) is 31.9 Å². The summed E-state index contributed by atoms with van der Waals surface area (Å²) >= 11 is 12.7. The maximum Gasteiger partial charge on any atom is 0.129 e. The van der Waals surface area contributed by atoms with Crippen molar-refractivity contribution in [3.63, 3.8) is 0 Å². The van der Waals surface area contributed by atoms with Gasteiger partial charge in [0.15, 0.2) is 0 Å². The third kappa shape index (κ3) is 3.12. The first-order chi connectivity index (χ1) is 9.04. The van der Waals surface area contributed by atoms with E-state index in [1.54, 1.807) is 13.2 Å². The summed E-state index contributed by atoms with van der Waals surface area (Å²) in [4.78, 5) is -0.325. The highest BCUT2D eigenvalue weighted by Crippen LogP contribution is 2.39. The van der Waals surface area contributed by atoms with Crippen LogP contribution in [-0.4, -0.2) is 7.11 Å². The Hall–Kier alpha value is -0.580. The normalized spacial score (nSPS) is 12.3. The average Bonchev–Trinajstić information content (AvgIpc) is 2.42. The van der Waals surface area contributed by atoms with Crippen LogP contribution in [0.1, 0.15) is 16.0 Å². The number of benzene rings is 2. The highest BCUT2D eigenvalue weighted by molar-refractivity contribution is 9.10. The number of halogens is 4. The Morgan fingerprint density at radius 2 is 1.89 bits per heavy atom. The third-order valence-corrected chi connectivity index (χ3v) is 4.91. The van der Waals surface area contributed by atoms with E-state index < -0.39 is 0 Å². The van der Waals surface area contributed by atoms with Gasteiger partial charge in [-0.2, -0.15) is 0 Å². The Labute approximate surface area is 133 Å². The molecule has 0 fully saturated rings. The van der Waals surface area contributed by atoms with E-state index >= 15 is 0 Å². The molecular weight excluding hydrogens is 398 g/mol. The lowest BCUT2D eigenvalue weighted by Crippen LogP contribution is -2.00. The summed E-state index contributed by atoms with van der Waals surface area (Å²) in [5, 5.41) is 0.468. The Bertz CT molecular complexity index is 604. The number of alkyl halides is 1. The van der Waals surface area contributed by atoms with Crippen molar-refractivity contribution in [1.82, 2.24) is 0 Å². The fraction of sp³-hybridized carbons (Fsp3) is 0.143. The molecule has 1 nitrogen and oxygen atoms in total. The second kappa shape index (κ2) is 6.25. The van der Waals surface area contributed by atoms with Gasteiger partial charge < -0.3 is 4.74 Å². The van der Waals surface area contributed by atoms with E-state index in [0.29, 0.717) is 20.8 Å². The molecule has 0 amide bonds. The second-order valence-corrected chi connectivity index (χ2v) is 6.07. The zero-order valence-electron chi connectivity index (χ0n) is 9.96. The summed E-state index contributed by atoms with van der Waals surface area (Å²) in [5.41, 5.74) is 1.32. The van der Waals surface area contributed by atoms with Crippen molar-refractivity contribution in [2.75, 3.05) is 7.11 Å². The minimum Gasteiger partial charge on any atom is -0.496 e. The third-order valence-electron chi connectivity index (χ3n) is 2.72. The molecule has 0 aromatic heterocycles. The van der Waals surface area contributed by atoms with Gasteiger partial charge in [0.05, 0.1) is 17.0 Å². The maximum absolute atomic E-state index is 14.0. The lowest BCUT2D eigenvalue weighted by atomic mass is 10.0. The van der Waals surface area contributed by atoms with Crippen molar-refractivity contribution in [1.29, 1.82) is 0 Å². The van der Waals surface area contributed by atoms with E-state index in [1.165, 1.54) is 6.07 Å². The van der Waals surface area contributed by atoms with Gasteiger partial charge >= 0.3 is 0 Å². The van der Waals surface area contributed by atoms with Crippen LogP contribution in [-0.2, 0) is 0 Å². The van der Waals surface area contributed by atoms with Gasteiger partial charge in [-0.1, -0.05) is 45.7 Å². The molecule has 5 heteroatoms. The standard InChI is InChI=1S/C14H10Br2ClFO/c1-19-13-5-3-2-4-8(13)14(16)9-6-11(17)10(15)7-12(9)18/h2-7,14H,1H3. The molecule has 0 saturated carbocycles. The van der Waals surface area contributed by atoms with Crippen LogP contribution in [0, 0.1) is 5.82 Å². The summed E-state index contributed by atoms with van der Waals surface area (Å²) in [5.74, 6) is 0.367. The second-order valence-electron chi connectivity index (χ2n) is 3.89. The smallest absolute Gasteiger partial charge is 0.129 e. The lowest BCUT2D eigenvalue weighted by molar-refractivity contribution is 0.410. The number of hydrogen-bond acceptors (Lipinski definition) is 1. The predicted octanol–water partition coefficient (Wildman–Crippen LogP) is 5.73. The molecule has 0 spiro atoms. The predicted molar refractivity (Wildman–Crippen MR) is 82.9 cm³/mol. The van der Waals surface area contributed by atoms with E-state index in [4.69, 9.17) is 16.3 Å². The topological polar surface area (TPSA) is 9.23 Å². The van der Waals surface area contributed by atoms with Crippen molar-refractivity contribution in [3.8, 4) is 5.75 Å². The van der Waals surface area contributed by atoms with E-state index in [1.807, 2.05) is 24.3 Å². The molecule has 19 heavy (non-hydrogen) atoms. The Morgan fingerprint density at radius 3 is 2.58 bits per heavy atom. The van der Waals surface area contributed by atoms with Crippen molar-refractivity contribution in [3.05, 3.63) is 62.8 Å². The van der Waals surface area contributed by atoms with Gasteiger partial charge in [-0.3, -0.25) is 0 Å². The summed E-state index contributed by atoms with van der Waals surface area (Å²) in [7, 11) is 1.59. The molecule has 0 aliphatic carbocycles. The molecule has 1 atom stereocenters. The van der Waals surface area contributed by atoms with Crippen LogP contribution in [0.15, 0.2) is 40.9 Å². The fourth-order valence-electron chi connectivity index (χ4n) is 1.78. The zero-order valence-corrected chi connectivity index (χ0v) is 13.9. The average molecular weight is 408 g/mol. The molecule has 2 rings (SSSR count). The first-order valence-corrected chi connectivity index (χ1v) is 7.54. The summed E-state index contributed by atoms with van der Waals surface area (Å²) in [6.07, 6.45) is 0. The van der Waals surface area contributed by atoms with Crippen molar-refractivity contribution in [2.24, 2.45) is 0 Å². The quantitative estimate of drug-likeness (QED) is 0.465. The van der Waals surface area contributed by atoms with Crippen molar-refractivity contribution in [2.45, 2.75) is 4.83 Å². The first-order valence-electron chi connectivity index (χ1n) is 5.46. The first kappa shape index (κ1) is 14.8. The van der Waals surface area contributed by atoms with Crippen molar-refractivity contribution < 1.29 is 9.13 Å². The fourth-order valence-corrected chi connectivity index (χ4v) is 2.99. The largest absolute Gasteiger partial charge is 0.496 e.